The predicted octanol–water partition coefficient (Wildman–Crippen LogP) is 2.81. The van der Waals surface area contributed by atoms with Crippen molar-refractivity contribution in [1.82, 2.24) is 9.80 Å². The van der Waals surface area contributed by atoms with E-state index in [2.05, 4.69) is 4.90 Å². The fourth-order valence-electron chi connectivity index (χ4n) is 4.22. The van der Waals surface area contributed by atoms with Crippen LogP contribution in [0.1, 0.15) is 24.0 Å². The summed E-state index contributed by atoms with van der Waals surface area (Å²) in [6.45, 7) is 4.77. The van der Waals surface area contributed by atoms with Crippen molar-refractivity contribution in [2.45, 2.75) is 25.8 Å². The van der Waals surface area contributed by atoms with Crippen LogP contribution in [0.15, 0.2) is 36.4 Å². The van der Waals surface area contributed by atoms with Crippen LogP contribution < -0.4 is 18.9 Å². The lowest BCUT2D eigenvalue weighted by Gasteiger charge is -2.26. The van der Waals surface area contributed by atoms with Gasteiger partial charge >= 0.3 is 0 Å². The third kappa shape index (κ3) is 4.03. The van der Waals surface area contributed by atoms with E-state index in [1.54, 1.807) is 0 Å². The molecule has 3 heterocycles. The van der Waals surface area contributed by atoms with E-state index in [9.17, 15) is 4.79 Å². The van der Waals surface area contributed by atoms with Gasteiger partial charge in [-0.2, -0.15) is 0 Å². The first-order valence-electron chi connectivity index (χ1n) is 10.5. The number of amides is 1. The molecule has 0 unspecified atom stereocenters. The molecule has 3 aliphatic rings. The maximum atomic E-state index is 13.3. The van der Waals surface area contributed by atoms with Crippen LogP contribution in [0, 0.1) is 0 Å². The molecule has 30 heavy (non-hydrogen) atoms. The maximum Gasteiger partial charge on any atom is 0.231 e. The number of nitrogens with zero attached hydrogens (tertiary/aromatic N) is 2. The van der Waals surface area contributed by atoms with E-state index in [0.29, 0.717) is 25.3 Å². The summed E-state index contributed by atoms with van der Waals surface area (Å²) in [6, 6.07) is 11.6. The monoisotopic (exact) mass is 410 g/mol. The van der Waals surface area contributed by atoms with E-state index in [-0.39, 0.29) is 19.5 Å². The molecule has 0 bridgehead atoms. The molecule has 158 valence electrons. The molecule has 0 aromatic heterocycles. The minimum absolute atomic E-state index is 0.0876. The van der Waals surface area contributed by atoms with Crippen LogP contribution in [0.5, 0.6) is 23.0 Å². The normalized spacial score (nSPS) is 16.8. The molecule has 1 saturated heterocycles. The van der Waals surface area contributed by atoms with E-state index in [4.69, 9.17) is 18.9 Å². The van der Waals surface area contributed by atoms with E-state index < -0.39 is 0 Å². The molecule has 0 N–H and O–H groups in total. The molecule has 1 fully saturated rings. The molecule has 0 aliphatic carbocycles. The molecular weight excluding hydrogens is 384 g/mol. The lowest BCUT2D eigenvalue weighted by molar-refractivity contribution is -0.131. The molecule has 0 spiro atoms. The zero-order valence-corrected chi connectivity index (χ0v) is 17.0. The van der Waals surface area contributed by atoms with Gasteiger partial charge in [0.05, 0.1) is 6.42 Å². The van der Waals surface area contributed by atoms with E-state index in [0.717, 1.165) is 48.0 Å². The highest BCUT2D eigenvalue weighted by molar-refractivity contribution is 5.79. The van der Waals surface area contributed by atoms with Crippen molar-refractivity contribution in [3.8, 4) is 23.0 Å². The lowest BCUT2D eigenvalue weighted by atomic mass is 10.1. The molecule has 0 atom stereocenters. The fourth-order valence-corrected chi connectivity index (χ4v) is 4.22. The number of rotatable bonds is 7. The molecule has 7 heteroatoms. The standard InChI is InChI=1S/C23H26N2O5/c26-22(13-17-6-7-19-21(12-17)29-15-27-19)25(11-10-24-8-1-2-9-24)14-18-4-3-5-20-23(18)30-16-28-20/h3-7,12H,1-2,8-11,13-16H2. The summed E-state index contributed by atoms with van der Waals surface area (Å²) in [4.78, 5) is 17.6. The van der Waals surface area contributed by atoms with Gasteiger partial charge < -0.3 is 28.7 Å². The second-order valence-corrected chi connectivity index (χ2v) is 7.88. The van der Waals surface area contributed by atoms with Crippen molar-refractivity contribution in [3.63, 3.8) is 0 Å². The zero-order chi connectivity index (χ0) is 20.3. The van der Waals surface area contributed by atoms with E-state index in [1.165, 1.54) is 12.8 Å². The number of benzene rings is 2. The van der Waals surface area contributed by atoms with Gasteiger partial charge in [0.2, 0.25) is 19.5 Å². The van der Waals surface area contributed by atoms with Crippen LogP contribution in [0.2, 0.25) is 0 Å². The smallest absolute Gasteiger partial charge is 0.231 e. The first kappa shape index (κ1) is 19.1. The highest BCUT2D eigenvalue weighted by Crippen LogP contribution is 2.36. The number of ether oxygens (including phenoxy) is 4. The first-order valence-corrected chi connectivity index (χ1v) is 10.5. The Hall–Kier alpha value is -2.93. The number of likely N-dealkylation sites (tertiary alicyclic amines) is 1. The Morgan fingerprint density at radius 2 is 1.73 bits per heavy atom. The summed E-state index contributed by atoms with van der Waals surface area (Å²) in [5.74, 6) is 3.02. The van der Waals surface area contributed by atoms with Crippen LogP contribution in [-0.2, 0) is 17.8 Å². The Morgan fingerprint density at radius 1 is 0.933 bits per heavy atom. The van der Waals surface area contributed by atoms with Gasteiger partial charge in [-0.25, -0.2) is 0 Å². The number of carbonyl (C=O) groups is 1. The minimum Gasteiger partial charge on any atom is -0.454 e. The summed E-state index contributed by atoms with van der Waals surface area (Å²) < 4.78 is 22.0. The zero-order valence-electron chi connectivity index (χ0n) is 17.0. The number of carbonyl (C=O) groups excluding carboxylic acids is 1. The topological polar surface area (TPSA) is 60.5 Å². The highest BCUT2D eigenvalue weighted by Gasteiger charge is 2.23. The van der Waals surface area contributed by atoms with Crippen molar-refractivity contribution in [3.05, 3.63) is 47.5 Å². The average molecular weight is 410 g/mol. The Kier molecular flexibility index (Phi) is 5.36. The molecule has 2 aromatic carbocycles. The molecule has 1 amide bonds. The molecule has 2 aromatic rings. The molecule has 0 saturated carbocycles. The number of hydrogen-bond acceptors (Lipinski definition) is 6. The van der Waals surface area contributed by atoms with Crippen molar-refractivity contribution < 1.29 is 23.7 Å². The van der Waals surface area contributed by atoms with Crippen LogP contribution in [-0.4, -0.2) is 55.5 Å². The number of hydrogen-bond donors (Lipinski definition) is 0. The van der Waals surface area contributed by atoms with Crippen molar-refractivity contribution >= 4 is 5.91 Å². The molecule has 3 aliphatic heterocycles. The largest absolute Gasteiger partial charge is 0.454 e. The Morgan fingerprint density at radius 3 is 2.63 bits per heavy atom. The van der Waals surface area contributed by atoms with Crippen molar-refractivity contribution in [2.75, 3.05) is 39.8 Å². The second kappa shape index (κ2) is 8.44. The summed E-state index contributed by atoms with van der Waals surface area (Å²) in [6.07, 6.45) is 2.80. The second-order valence-electron chi connectivity index (χ2n) is 7.88. The van der Waals surface area contributed by atoms with Gasteiger partial charge in [-0.15, -0.1) is 0 Å². The van der Waals surface area contributed by atoms with Crippen LogP contribution >= 0.6 is 0 Å². The Balaban J connectivity index is 1.32. The van der Waals surface area contributed by atoms with Crippen molar-refractivity contribution in [2.24, 2.45) is 0 Å². The molecular formula is C23H26N2O5. The van der Waals surface area contributed by atoms with Gasteiger partial charge in [-0.1, -0.05) is 18.2 Å². The van der Waals surface area contributed by atoms with E-state index in [1.807, 2.05) is 41.3 Å². The summed E-state index contributed by atoms with van der Waals surface area (Å²) in [5, 5.41) is 0. The van der Waals surface area contributed by atoms with Crippen LogP contribution in [0.4, 0.5) is 0 Å². The molecule has 0 radical (unpaired) electrons. The molecule has 5 rings (SSSR count). The summed E-state index contributed by atoms with van der Waals surface area (Å²) >= 11 is 0. The van der Waals surface area contributed by atoms with Gasteiger partial charge in [-0.05, 0) is 49.7 Å². The highest BCUT2D eigenvalue weighted by atomic mass is 16.7. The van der Waals surface area contributed by atoms with Gasteiger partial charge in [0, 0.05) is 25.2 Å². The minimum atomic E-state index is 0.0876. The quantitative estimate of drug-likeness (QED) is 0.700. The predicted molar refractivity (Wildman–Crippen MR) is 110 cm³/mol. The van der Waals surface area contributed by atoms with Crippen molar-refractivity contribution in [1.29, 1.82) is 0 Å². The molecule has 7 nitrogen and oxygen atoms in total. The van der Waals surface area contributed by atoms with Crippen LogP contribution in [0.25, 0.3) is 0 Å². The Bertz CT molecular complexity index is 926. The van der Waals surface area contributed by atoms with Gasteiger partial charge in [-0.3, -0.25) is 4.79 Å². The summed E-state index contributed by atoms with van der Waals surface area (Å²) in [7, 11) is 0. The Labute approximate surface area is 176 Å². The summed E-state index contributed by atoms with van der Waals surface area (Å²) in [5.41, 5.74) is 1.90. The van der Waals surface area contributed by atoms with Gasteiger partial charge in [0.25, 0.3) is 0 Å². The number of para-hydroxylation sites is 1. The van der Waals surface area contributed by atoms with Gasteiger partial charge in [0.15, 0.2) is 23.0 Å². The first-order chi connectivity index (χ1) is 14.8. The SMILES string of the molecule is O=C(Cc1ccc2c(c1)OCO2)N(CCN1CCCC1)Cc1cccc2c1OCO2. The van der Waals surface area contributed by atoms with Crippen LogP contribution in [0.3, 0.4) is 0 Å². The average Bonchev–Trinajstić information content (AvgIpc) is 3.52. The van der Waals surface area contributed by atoms with Gasteiger partial charge in [0.1, 0.15) is 0 Å². The maximum absolute atomic E-state index is 13.3. The third-order valence-electron chi connectivity index (χ3n) is 5.87. The van der Waals surface area contributed by atoms with E-state index >= 15 is 0 Å². The lowest BCUT2D eigenvalue weighted by Crippen LogP contribution is -2.38. The third-order valence-corrected chi connectivity index (χ3v) is 5.87. The number of fused-ring (bicyclic) bond motifs is 2. The fraction of sp³-hybridized carbons (Fsp3) is 0.435.